The van der Waals surface area contributed by atoms with Crippen LogP contribution < -0.4 is 0 Å². The van der Waals surface area contributed by atoms with E-state index in [0.29, 0.717) is 5.56 Å². The fourth-order valence-electron chi connectivity index (χ4n) is 3.50. The third kappa shape index (κ3) is 4.22. The Bertz CT molecular complexity index is 1000. The SMILES string of the molecule is CCC(F)(CCN(C)C(=O)O)C(Cl)c1ccc(-c2ccc3nccn3c2C)cc1. The van der Waals surface area contributed by atoms with E-state index in [1.165, 1.54) is 7.05 Å². The summed E-state index contributed by atoms with van der Waals surface area (Å²) in [7, 11) is 1.43. The van der Waals surface area contributed by atoms with Gasteiger partial charge in [-0.05, 0) is 36.6 Å². The van der Waals surface area contributed by atoms with Crippen LogP contribution in [0.2, 0.25) is 0 Å². The first-order valence-corrected chi connectivity index (χ1v) is 10.0. The highest BCUT2D eigenvalue weighted by molar-refractivity contribution is 6.21. The summed E-state index contributed by atoms with van der Waals surface area (Å²) < 4.78 is 17.5. The van der Waals surface area contributed by atoms with Crippen LogP contribution in [0.1, 0.15) is 36.4 Å². The molecule has 29 heavy (non-hydrogen) atoms. The normalized spacial score (nSPS) is 14.5. The number of alkyl halides is 2. The quantitative estimate of drug-likeness (QED) is 0.501. The molecule has 0 saturated heterocycles. The van der Waals surface area contributed by atoms with Crippen LogP contribution in [0.4, 0.5) is 9.18 Å². The monoisotopic (exact) mass is 417 g/mol. The predicted octanol–water partition coefficient (Wildman–Crippen LogP) is 5.71. The van der Waals surface area contributed by atoms with E-state index < -0.39 is 17.1 Å². The van der Waals surface area contributed by atoms with E-state index >= 15 is 4.39 Å². The highest BCUT2D eigenvalue weighted by atomic mass is 35.5. The molecule has 1 aromatic carbocycles. The molecule has 0 saturated carbocycles. The molecule has 2 aromatic heterocycles. The van der Waals surface area contributed by atoms with Crippen LogP contribution in [0, 0.1) is 6.92 Å². The number of nitrogens with zero attached hydrogens (tertiary/aromatic N) is 3. The Hall–Kier alpha value is -2.60. The summed E-state index contributed by atoms with van der Waals surface area (Å²) in [5, 5.41) is 8.13. The van der Waals surface area contributed by atoms with Crippen molar-refractivity contribution in [1.82, 2.24) is 14.3 Å². The number of pyridine rings is 1. The van der Waals surface area contributed by atoms with E-state index in [0.717, 1.165) is 27.4 Å². The number of amides is 1. The molecule has 0 aliphatic heterocycles. The van der Waals surface area contributed by atoms with Crippen LogP contribution in [0.5, 0.6) is 0 Å². The summed E-state index contributed by atoms with van der Waals surface area (Å²) in [5.74, 6) is 0. The first-order chi connectivity index (χ1) is 13.8. The number of halogens is 2. The van der Waals surface area contributed by atoms with Crippen molar-refractivity contribution in [2.45, 2.75) is 37.7 Å². The van der Waals surface area contributed by atoms with Gasteiger partial charge in [0.05, 0.1) is 5.38 Å². The molecule has 2 unspecified atom stereocenters. The molecular weight excluding hydrogens is 393 g/mol. The molecule has 0 spiro atoms. The largest absolute Gasteiger partial charge is 0.465 e. The number of imidazole rings is 1. The standard InChI is InChI=1S/C22H25ClFN3O2/c1-4-22(24,11-13-26(3)21(28)29)20(23)17-7-5-16(6-8-17)18-9-10-19-25-12-14-27(19)15(18)2/h5-10,12,14,20H,4,11,13H2,1-3H3,(H,28,29). The minimum absolute atomic E-state index is 0.0403. The summed E-state index contributed by atoms with van der Waals surface area (Å²) in [5.41, 5.74) is 3.02. The summed E-state index contributed by atoms with van der Waals surface area (Å²) in [6.45, 7) is 3.85. The Morgan fingerprint density at radius 1 is 1.31 bits per heavy atom. The number of carboxylic acid groups (broad SMARTS) is 1. The van der Waals surface area contributed by atoms with Gasteiger partial charge in [0.15, 0.2) is 0 Å². The molecule has 3 aromatic rings. The van der Waals surface area contributed by atoms with Crippen LogP contribution in [0.3, 0.4) is 0 Å². The van der Waals surface area contributed by atoms with Gasteiger partial charge in [-0.1, -0.05) is 31.2 Å². The maximum absolute atomic E-state index is 15.5. The zero-order valence-electron chi connectivity index (χ0n) is 16.8. The molecule has 3 rings (SSSR count). The first-order valence-electron chi connectivity index (χ1n) is 9.57. The van der Waals surface area contributed by atoms with Crippen LogP contribution in [0.25, 0.3) is 16.8 Å². The van der Waals surface area contributed by atoms with Gasteiger partial charge in [-0.25, -0.2) is 14.2 Å². The van der Waals surface area contributed by atoms with Crippen molar-refractivity contribution in [1.29, 1.82) is 0 Å². The van der Waals surface area contributed by atoms with E-state index in [2.05, 4.69) is 4.98 Å². The summed E-state index contributed by atoms with van der Waals surface area (Å²) in [6.07, 6.45) is 2.85. The second kappa shape index (κ2) is 8.41. The number of hydrogen-bond acceptors (Lipinski definition) is 2. The molecule has 0 bridgehead atoms. The van der Waals surface area contributed by atoms with Gasteiger partial charge in [-0.3, -0.25) is 0 Å². The van der Waals surface area contributed by atoms with E-state index in [4.69, 9.17) is 16.7 Å². The van der Waals surface area contributed by atoms with Gasteiger partial charge in [-0.15, -0.1) is 11.6 Å². The minimum Gasteiger partial charge on any atom is -0.465 e. The maximum atomic E-state index is 15.5. The molecule has 2 atom stereocenters. The average molecular weight is 418 g/mol. The molecular formula is C22H25ClFN3O2. The number of aromatic nitrogens is 2. The number of carbonyl (C=O) groups is 1. The van der Waals surface area contributed by atoms with Crippen LogP contribution in [-0.4, -0.2) is 44.7 Å². The van der Waals surface area contributed by atoms with Gasteiger partial charge in [0.1, 0.15) is 11.3 Å². The van der Waals surface area contributed by atoms with Crippen molar-refractivity contribution >= 4 is 23.3 Å². The van der Waals surface area contributed by atoms with Crippen LogP contribution in [-0.2, 0) is 0 Å². The molecule has 1 amide bonds. The van der Waals surface area contributed by atoms with Crippen molar-refractivity contribution in [3.63, 3.8) is 0 Å². The van der Waals surface area contributed by atoms with Crippen molar-refractivity contribution < 1.29 is 14.3 Å². The van der Waals surface area contributed by atoms with Gasteiger partial charge in [0.25, 0.3) is 0 Å². The van der Waals surface area contributed by atoms with Crippen molar-refractivity contribution in [3.05, 3.63) is 60.0 Å². The summed E-state index contributed by atoms with van der Waals surface area (Å²) >= 11 is 6.52. The first kappa shape index (κ1) is 21.1. The predicted molar refractivity (Wildman–Crippen MR) is 113 cm³/mol. The maximum Gasteiger partial charge on any atom is 0.407 e. The highest BCUT2D eigenvalue weighted by Gasteiger charge is 2.37. The Kier molecular flexibility index (Phi) is 6.13. The smallest absolute Gasteiger partial charge is 0.407 e. The molecule has 154 valence electrons. The van der Waals surface area contributed by atoms with Crippen molar-refractivity contribution in [2.24, 2.45) is 0 Å². The van der Waals surface area contributed by atoms with Crippen LogP contribution >= 0.6 is 11.6 Å². The number of hydrogen-bond donors (Lipinski definition) is 1. The molecule has 0 fully saturated rings. The Morgan fingerprint density at radius 2 is 2.00 bits per heavy atom. The average Bonchev–Trinajstić information content (AvgIpc) is 3.21. The highest BCUT2D eigenvalue weighted by Crippen LogP contribution is 2.41. The van der Waals surface area contributed by atoms with Crippen LogP contribution in [0.15, 0.2) is 48.8 Å². The van der Waals surface area contributed by atoms with Gasteiger partial charge in [0, 0.05) is 43.7 Å². The minimum atomic E-state index is -1.70. The molecule has 5 nitrogen and oxygen atoms in total. The second-order valence-electron chi connectivity index (χ2n) is 7.31. The third-order valence-electron chi connectivity index (χ3n) is 5.57. The van der Waals surface area contributed by atoms with Crippen molar-refractivity contribution in [3.8, 4) is 11.1 Å². The lowest BCUT2D eigenvalue weighted by Gasteiger charge is -2.30. The Morgan fingerprint density at radius 3 is 2.62 bits per heavy atom. The van der Waals surface area contributed by atoms with E-state index in [9.17, 15) is 4.79 Å². The Labute approximate surface area is 174 Å². The van der Waals surface area contributed by atoms with Crippen molar-refractivity contribution in [2.75, 3.05) is 13.6 Å². The second-order valence-corrected chi connectivity index (χ2v) is 7.75. The van der Waals surface area contributed by atoms with Gasteiger partial charge in [-0.2, -0.15) is 0 Å². The fourth-order valence-corrected chi connectivity index (χ4v) is 3.91. The molecule has 0 aliphatic carbocycles. The number of rotatable bonds is 7. The van der Waals surface area contributed by atoms with Gasteiger partial charge < -0.3 is 14.4 Å². The summed E-state index contributed by atoms with van der Waals surface area (Å²) in [6, 6.07) is 11.6. The number of aryl methyl sites for hydroxylation is 1. The van der Waals surface area contributed by atoms with E-state index in [1.54, 1.807) is 13.1 Å². The zero-order valence-corrected chi connectivity index (χ0v) is 17.5. The molecule has 0 radical (unpaired) electrons. The number of benzene rings is 1. The lowest BCUT2D eigenvalue weighted by molar-refractivity contribution is 0.110. The Balaban J connectivity index is 1.82. The van der Waals surface area contributed by atoms with Gasteiger partial charge in [0.2, 0.25) is 0 Å². The fraction of sp³-hybridized carbons (Fsp3) is 0.364. The molecule has 7 heteroatoms. The lowest BCUT2D eigenvalue weighted by Crippen LogP contribution is -2.35. The zero-order chi connectivity index (χ0) is 21.2. The molecule has 0 aliphatic rings. The van der Waals surface area contributed by atoms with E-state index in [1.807, 2.05) is 53.9 Å². The summed E-state index contributed by atoms with van der Waals surface area (Å²) in [4.78, 5) is 16.3. The number of fused-ring (bicyclic) bond motifs is 1. The topological polar surface area (TPSA) is 57.8 Å². The molecule has 2 heterocycles. The lowest BCUT2D eigenvalue weighted by atomic mass is 9.89. The van der Waals surface area contributed by atoms with E-state index in [-0.39, 0.29) is 19.4 Å². The van der Waals surface area contributed by atoms with Gasteiger partial charge >= 0.3 is 6.09 Å². The molecule has 1 N–H and O–H groups in total. The third-order valence-corrected chi connectivity index (χ3v) is 6.21.